The van der Waals surface area contributed by atoms with Crippen LogP contribution >= 0.6 is 0 Å². The number of H-pyrrole nitrogens is 1. The Bertz CT molecular complexity index is 941. The van der Waals surface area contributed by atoms with Gasteiger partial charge >= 0.3 is 0 Å². The molecular formula is C20H20N2O3. The highest BCUT2D eigenvalue weighted by molar-refractivity contribution is 6.05. The maximum absolute atomic E-state index is 13.0. The topological polar surface area (TPSA) is 63.4 Å². The Balaban J connectivity index is 1.69. The van der Waals surface area contributed by atoms with Gasteiger partial charge in [-0.3, -0.25) is 4.79 Å². The Morgan fingerprint density at radius 3 is 2.64 bits per heavy atom. The number of hydrogen-bond donors (Lipinski definition) is 2. The van der Waals surface area contributed by atoms with E-state index < -0.39 is 5.41 Å². The monoisotopic (exact) mass is 336 g/mol. The van der Waals surface area contributed by atoms with Gasteiger partial charge in [0.25, 0.3) is 0 Å². The molecule has 0 atom stereocenters. The van der Waals surface area contributed by atoms with E-state index in [1.807, 2.05) is 48.7 Å². The number of benzene rings is 2. The van der Waals surface area contributed by atoms with E-state index in [4.69, 9.17) is 9.47 Å². The van der Waals surface area contributed by atoms with Crippen molar-refractivity contribution in [3.63, 3.8) is 0 Å². The molecule has 2 aromatic carbocycles. The average Bonchev–Trinajstić information content (AvgIpc) is 3.35. The van der Waals surface area contributed by atoms with E-state index in [1.54, 1.807) is 14.2 Å². The molecule has 128 valence electrons. The fourth-order valence-corrected chi connectivity index (χ4v) is 3.36. The van der Waals surface area contributed by atoms with E-state index in [2.05, 4.69) is 10.3 Å². The number of methoxy groups -OCH3 is 2. The number of para-hydroxylation sites is 2. The van der Waals surface area contributed by atoms with Crippen molar-refractivity contribution in [2.45, 2.75) is 18.3 Å². The SMILES string of the molecule is COc1ccc2[nH]cc(C3(C(=O)Nc4ccccc4OC)CC3)c2c1. The number of ether oxygens (including phenoxy) is 2. The Morgan fingerprint density at radius 2 is 1.92 bits per heavy atom. The second-order valence-corrected chi connectivity index (χ2v) is 6.35. The first kappa shape index (κ1) is 15.6. The van der Waals surface area contributed by atoms with E-state index in [9.17, 15) is 4.79 Å². The Hall–Kier alpha value is -2.95. The molecule has 2 N–H and O–H groups in total. The van der Waals surface area contributed by atoms with Gasteiger partial charge in [0.15, 0.2) is 0 Å². The zero-order valence-electron chi connectivity index (χ0n) is 14.3. The zero-order valence-corrected chi connectivity index (χ0v) is 14.3. The molecule has 5 heteroatoms. The average molecular weight is 336 g/mol. The number of carbonyl (C=O) groups is 1. The molecule has 5 nitrogen and oxygen atoms in total. The number of rotatable bonds is 5. The van der Waals surface area contributed by atoms with Crippen molar-refractivity contribution in [3.05, 3.63) is 54.2 Å². The summed E-state index contributed by atoms with van der Waals surface area (Å²) in [5.41, 5.74) is 2.23. The lowest BCUT2D eigenvalue weighted by molar-refractivity contribution is -0.118. The van der Waals surface area contributed by atoms with Gasteiger partial charge in [-0.25, -0.2) is 0 Å². The van der Waals surface area contributed by atoms with Crippen LogP contribution in [0.3, 0.4) is 0 Å². The van der Waals surface area contributed by atoms with Gasteiger partial charge in [0.1, 0.15) is 11.5 Å². The van der Waals surface area contributed by atoms with Crippen molar-refractivity contribution in [1.29, 1.82) is 0 Å². The number of anilines is 1. The first-order valence-electron chi connectivity index (χ1n) is 8.28. The molecule has 1 fully saturated rings. The van der Waals surface area contributed by atoms with Crippen molar-refractivity contribution >= 4 is 22.5 Å². The lowest BCUT2D eigenvalue weighted by Crippen LogP contribution is -2.27. The molecule has 25 heavy (non-hydrogen) atoms. The van der Waals surface area contributed by atoms with E-state index in [0.717, 1.165) is 35.1 Å². The second kappa shape index (κ2) is 5.84. The summed E-state index contributed by atoms with van der Waals surface area (Å²) < 4.78 is 10.7. The van der Waals surface area contributed by atoms with Crippen LogP contribution in [0.1, 0.15) is 18.4 Å². The summed E-state index contributed by atoms with van der Waals surface area (Å²) in [6, 6.07) is 13.3. The van der Waals surface area contributed by atoms with Crippen LogP contribution in [-0.4, -0.2) is 25.1 Å². The number of amides is 1. The number of aromatic amines is 1. The summed E-state index contributed by atoms with van der Waals surface area (Å²) in [6.07, 6.45) is 3.61. The van der Waals surface area contributed by atoms with Crippen molar-refractivity contribution < 1.29 is 14.3 Å². The van der Waals surface area contributed by atoms with Gasteiger partial charge in [0.05, 0.1) is 25.3 Å². The van der Waals surface area contributed by atoms with Crippen LogP contribution in [0.4, 0.5) is 5.69 Å². The van der Waals surface area contributed by atoms with Gasteiger partial charge in [0, 0.05) is 17.1 Å². The van der Waals surface area contributed by atoms with E-state index in [-0.39, 0.29) is 5.91 Å². The Labute approximate surface area is 146 Å². The van der Waals surface area contributed by atoms with Crippen molar-refractivity contribution in [2.24, 2.45) is 0 Å². The fraction of sp³-hybridized carbons (Fsp3) is 0.250. The number of carbonyl (C=O) groups excluding carboxylic acids is 1. The van der Waals surface area contributed by atoms with Gasteiger partial charge in [-0.1, -0.05) is 12.1 Å². The normalized spacial score (nSPS) is 15.0. The molecule has 3 aromatic rings. The number of fused-ring (bicyclic) bond motifs is 1. The maximum Gasteiger partial charge on any atom is 0.235 e. The predicted molar refractivity (Wildman–Crippen MR) is 97.4 cm³/mol. The molecule has 0 aliphatic heterocycles. The van der Waals surface area contributed by atoms with Crippen LogP contribution in [0.5, 0.6) is 11.5 Å². The summed E-state index contributed by atoms with van der Waals surface area (Å²) in [5.74, 6) is 1.45. The summed E-state index contributed by atoms with van der Waals surface area (Å²) in [5, 5.41) is 4.07. The van der Waals surface area contributed by atoms with E-state index in [0.29, 0.717) is 11.4 Å². The fourth-order valence-electron chi connectivity index (χ4n) is 3.36. The summed E-state index contributed by atoms with van der Waals surface area (Å²) in [7, 11) is 3.25. The van der Waals surface area contributed by atoms with Gasteiger partial charge in [-0.15, -0.1) is 0 Å². The molecule has 0 saturated heterocycles. The molecule has 1 aliphatic rings. The van der Waals surface area contributed by atoms with Crippen LogP contribution in [-0.2, 0) is 10.2 Å². The predicted octanol–water partition coefficient (Wildman–Crippen LogP) is 3.86. The molecule has 1 saturated carbocycles. The molecule has 1 amide bonds. The lowest BCUT2D eigenvalue weighted by Gasteiger charge is -2.16. The molecule has 0 bridgehead atoms. The highest BCUT2D eigenvalue weighted by Crippen LogP contribution is 2.51. The number of hydrogen-bond acceptors (Lipinski definition) is 3. The maximum atomic E-state index is 13.0. The minimum atomic E-state index is -0.495. The summed E-state index contributed by atoms with van der Waals surface area (Å²) in [6.45, 7) is 0. The smallest absolute Gasteiger partial charge is 0.235 e. The largest absolute Gasteiger partial charge is 0.497 e. The molecule has 0 unspecified atom stereocenters. The second-order valence-electron chi connectivity index (χ2n) is 6.35. The van der Waals surface area contributed by atoms with Crippen LogP contribution in [0.25, 0.3) is 10.9 Å². The molecule has 1 heterocycles. The van der Waals surface area contributed by atoms with Gasteiger partial charge in [-0.05, 0) is 48.7 Å². The van der Waals surface area contributed by atoms with Crippen molar-refractivity contribution in [3.8, 4) is 11.5 Å². The van der Waals surface area contributed by atoms with Crippen molar-refractivity contribution in [2.75, 3.05) is 19.5 Å². The first-order valence-corrected chi connectivity index (χ1v) is 8.28. The van der Waals surface area contributed by atoms with E-state index in [1.165, 1.54) is 0 Å². The van der Waals surface area contributed by atoms with Crippen LogP contribution in [0.2, 0.25) is 0 Å². The third-order valence-electron chi connectivity index (χ3n) is 4.94. The molecule has 0 spiro atoms. The van der Waals surface area contributed by atoms with Crippen LogP contribution in [0.15, 0.2) is 48.7 Å². The summed E-state index contributed by atoms with van der Waals surface area (Å²) >= 11 is 0. The zero-order chi connectivity index (χ0) is 17.4. The molecule has 1 aliphatic carbocycles. The van der Waals surface area contributed by atoms with E-state index >= 15 is 0 Å². The highest BCUT2D eigenvalue weighted by Gasteiger charge is 2.52. The third-order valence-corrected chi connectivity index (χ3v) is 4.94. The van der Waals surface area contributed by atoms with Crippen LogP contribution in [0, 0.1) is 0 Å². The Morgan fingerprint density at radius 1 is 1.12 bits per heavy atom. The molecule has 4 rings (SSSR count). The third kappa shape index (κ3) is 2.52. The van der Waals surface area contributed by atoms with Gasteiger partial charge < -0.3 is 19.8 Å². The standard InChI is InChI=1S/C20H20N2O3/c1-24-13-7-8-16-14(11-13)15(12-21-16)20(9-10-20)19(23)22-17-5-3-4-6-18(17)25-2/h3-8,11-12,21H,9-10H2,1-2H3,(H,22,23). The minimum Gasteiger partial charge on any atom is -0.497 e. The minimum absolute atomic E-state index is 0.000667. The number of nitrogens with one attached hydrogen (secondary N) is 2. The quantitative estimate of drug-likeness (QED) is 0.744. The molecule has 0 radical (unpaired) electrons. The molecular weight excluding hydrogens is 316 g/mol. The first-order chi connectivity index (χ1) is 12.2. The van der Waals surface area contributed by atoms with Gasteiger partial charge in [0.2, 0.25) is 5.91 Å². The highest BCUT2D eigenvalue weighted by atomic mass is 16.5. The number of aromatic nitrogens is 1. The molecule has 1 aromatic heterocycles. The Kier molecular flexibility index (Phi) is 3.64. The lowest BCUT2D eigenvalue weighted by atomic mass is 9.94. The van der Waals surface area contributed by atoms with Crippen molar-refractivity contribution in [1.82, 2.24) is 4.98 Å². The summed E-state index contributed by atoms with van der Waals surface area (Å²) in [4.78, 5) is 16.3. The van der Waals surface area contributed by atoms with Gasteiger partial charge in [-0.2, -0.15) is 0 Å². The van der Waals surface area contributed by atoms with Crippen LogP contribution < -0.4 is 14.8 Å².